The third-order valence-corrected chi connectivity index (χ3v) is 10.6. The Morgan fingerprint density at radius 2 is 2.04 bits per heavy atom. The number of nitrogens with zero attached hydrogens (tertiary/aromatic N) is 2. The molecule has 5 nitrogen and oxygen atoms in total. The standard InChI is InChI=1S/C19H23IN2O3SSi/c1-27(2,3)10-9-25-13-22-11-15(19(23)24)17(21-22)18-20-16(12-26-18)14-7-5-4-6-8-14/h4-8,11-12H,9-10,13H2,1-3H3,(H,23,24). The highest BCUT2D eigenvalue weighted by atomic mass is 127. The highest BCUT2D eigenvalue weighted by Crippen LogP contribution is 2.41. The zero-order valence-electron chi connectivity index (χ0n) is 15.6. The summed E-state index contributed by atoms with van der Waals surface area (Å²) in [5, 5.41) is 16.3. The Hall–Kier alpha value is -1.23. The topological polar surface area (TPSA) is 64.3 Å². The lowest BCUT2D eigenvalue weighted by molar-refractivity contribution is 0.0693. The fraction of sp³-hybridized carbons (Fsp3) is 0.316. The van der Waals surface area contributed by atoms with Crippen LogP contribution >= 0.6 is 32.5 Å². The molecule has 3 rings (SSSR count). The Bertz CT molecular complexity index is 888. The molecule has 2 heterocycles. The van der Waals surface area contributed by atoms with Crippen molar-refractivity contribution >= 4 is 53.0 Å². The van der Waals surface area contributed by atoms with E-state index in [1.165, 1.54) is 9.14 Å². The van der Waals surface area contributed by atoms with Gasteiger partial charge >= 0.3 is 5.97 Å². The van der Waals surface area contributed by atoms with Gasteiger partial charge < -0.3 is 9.84 Å². The molecule has 0 bridgehead atoms. The van der Waals surface area contributed by atoms with Gasteiger partial charge in [-0.1, -0.05) is 82.5 Å². The maximum atomic E-state index is 11.7. The van der Waals surface area contributed by atoms with E-state index in [1.54, 1.807) is 22.6 Å². The van der Waals surface area contributed by atoms with Crippen molar-refractivity contribution in [3.05, 3.63) is 58.8 Å². The molecule has 1 aromatic carbocycles. The number of aromatic carboxylic acids is 1. The maximum Gasteiger partial charge on any atom is 0.339 e. The summed E-state index contributed by atoms with van der Waals surface area (Å²) < 4.78 is 9.70. The molecule has 0 spiro atoms. The van der Waals surface area contributed by atoms with Crippen LogP contribution in [0.4, 0.5) is 0 Å². The number of benzene rings is 1. The van der Waals surface area contributed by atoms with Crippen LogP contribution in [0.15, 0.2) is 41.9 Å². The molecule has 1 aliphatic rings. The molecular weight excluding hydrogens is 491 g/mol. The van der Waals surface area contributed by atoms with E-state index >= 15 is 0 Å². The second-order valence-corrected chi connectivity index (χ2v) is 17.4. The Kier molecular flexibility index (Phi) is 6.72. The summed E-state index contributed by atoms with van der Waals surface area (Å²) in [7, 11) is -1.14. The molecule has 0 radical (unpaired) electrons. The van der Waals surface area contributed by atoms with Crippen LogP contribution in [0.2, 0.25) is 25.7 Å². The summed E-state index contributed by atoms with van der Waals surface area (Å²) in [5.74, 6) is -0.941. The Balaban J connectivity index is 1.74. The first-order valence-electron chi connectivity index (χ1n) is 8.66. The lowest BCUT2D eigenvalue weighted by atomic mass is 10.2. The third kappa shape index (κ3) is 5.63. The molecule has 0 saturated heterocycles. The van der Waals surface area contributed by atoms with Crippen molar-refractivity contribution in [2.45, 2.75) is 32.4 Å². The largest absolute Gasteiger partial charge is 0.478 e. The van der Waals surface area contributed by atoms with Crippen molar-refractivity contribution in [3.8, 4) is 0 Å². The molecule has 1 aromatic heterocycles. The average Bonchev–Trinajstić information content (AvgIpc) is 3.26. The van der Waals surface area contributed by atoms with Gasteiger partial charge in [0.15, 0.2) is 0 Å². The zero-order valence-corrected chi connectivity index (χ0v) is 19.6. The van der Waals surface area contributed by atoms with Crippen LogP contribution in [0.5, 0.6) is 0 Å². The van der Waals surface area contributed by atoms with Crippen LogP contribution in [0.25, 0.3) is 3.58 Å². The minimum absolute atomic E-state index is 0.258. The van der Waals surface area contributed by atoms with Crippen molar-refractivity contribution in [1.82, 2.24) is 9.78 Å². The smallest absolute Gasteiger partial charge is 0.339 e. The van der Waals surface area contributed by atoms with E-state index in [4.69, 9.17) is 4.74 Å². The molecule has 144 valence electrons. The average molecular weight is 514 g/mol. The predicted molar refractivity (Wildman–Crippen MR) is 123 cm³/mol. The van der Waals surface area contributed by atoms with E-state index in [1.807, 2.05) is 18.2 Å². The van der Waals surface area contributed by atoms with Gasteiger partial charge in [-0.3, -0.25) is 0 Å². The van der Waals surface area contributed by atoms with Gasteiger partial charge in [0.2, 0.25) is 0 Å². The van der Waals surface area contributed by atoms with Crippen molar-refractivity contribution in [3.63, 3.8) is 0 Å². The zero-order chi connectivity index (χ0) is 19.4. The molecule has 0 aliphatic carbocycles. The minimum atomic E-state index is -1.14. The molecule has 0 atom stereocenters. The number of carboxylic acids is 1. The van der Waals surface area contributed by atoms with Crippen molar-refractivity contribution < 1.29 is 14.6 Å². The molecule has 8 heteroatoms. The Labute approximate surface area is 174 Å². The minimum Gasteiger partial charge on any atom is -0.478 e. The third-order valence-electron chi connectivity index (χ3n) is 3.90. The van der Waals surface area contributed by atoms with Crippen LogP contribution in [-0.2, 0) is 11.5 Å². The molecule has 0 saturated carbocycles. The summed E-state index contributed by atoms with van der Waals surface area (Å²) in [6.45, 7) is 7.89. The van der Waals surface area contributed by atoms with Gasteiger partial charge in [0.05, 0.1) is 2.84 Å². The summed E-state index contributed by atoms with van der Waals surface area (Å²) in [6.07, 6.45) is 1.59. The number of aromatic nitrogens is 2. The van der Waals surface area contributed by atoms with Crippen molar-refractivity contribution in [2.75, 3.05) is 6.61 Å². The summed E-state index contributed by atoms with van der Waals surface area (Å²) in [4.78, 5) is 11.7. The van der Waals surface area contributed by atoms with Gasteiger partial charge in [0.25, 0.3) is 0 Å². The van der Waals surface area contributed by atoms with Crippen LogP contribution in [0.1, 0.15) is 21.6 Å². The molecule has 2 aromatic rings. The first-order chi connectivity index (χ1) is 12.8. The van der Waals surface area contributed by atoms with Gasteiger partial charge in [-0.05, 0) is 17.0 Å². The second-order valence-electron chi connectivity index (χ2n) is 7.40. The summed E-state index contributed by atoms with van der Waals surface area (Å²) in [6, 6.07) is 11.3. The van der Waals surface area contributed by atoms with Crippen molar-refractivity contribution in [2.24, 2.45) is 0 Å². The lowest BCUT2D eigenvalue weighted by Gasteiger charge is -2.15. The van der Waals surface area contributed by atoms with Gasteiger partial charge in [-0.2, -0.15) is 5.10 Å². The van der Waals surface area contributed by atoms with Gasteiger partial charge in [-0.25, -0.2) is 9.48 Å². The van der Waals surface area contributed by atoms with E-state index < -0.39 is 34.8 Å². The molecule has 1 N–H and O–H groups in total. The fourth-order valence-electron chi connectivity index (χ4n) is 2.39. The van der Waals surface area contributed by atoms with E-state index in [0.717, 1.165) is 8.88 Å². The highest BCUT2D eigenvalue weighted by Gasteiger charge is 2.23. The number of rotatable bonds is 8. The van der Waals surface area contributed by atoms with E-state index in [9.17, 15) is 9.90 Å². The Morgan fingerprint density at radius 3 is 2.70 bits per heavy atom. The number of thioether (sulfide) groups is 1. The van der Waals surface area contributed by atoms with E-state index in [0.29, 0.717) is 19.0 Å². The first-order valence-corrected chi connectivity index (χ1v) is 15.4. The molecular formula is C19H23IN2O3SSi. The monoisotopic (exact) mass is 514 g/mol. The van der Waals surface area contributed by atoms with E-state index in [2.05, 4.69) is 42.3 Å². The van der Waals surface area contributed by atoms with Gasteiger partial charge in [0.1, 0.15) is 18.0 Å². The van der Waals surface area contributed by atoms with Crippen molar-refractivity contribution in [1.29, 1.82) is 0 Å². The van der Waals surface area contributed by atoms with Crippen LogP contribution < -0.4 is 0 Å². The maximum absolute atomic E-state index is 11.7. The normalized spacial score (nSPS) is 14.5. The lowest BCUT2D eigenvalue weighted by Crippen LogP contribution is -2.22. The number of hydrogen-bond donors (Lipinski definition) is 1. The molecule has 0 fully saturated rings. The highest BCUT2D eigenvalue weighted by molar-refractivity contribution is 14.2. The van der Waals surface area contributed by atoms with Gasteiger partial charge in [0, 0.05) is 24.5 Å². The van der Waals surface area contributed by atoms with E-state index in [-0.39, 0.29) is 5.56 Å². The molecule has 0 amide bonds. The number of halogens is 1. The SMILES string of the molecule is C[Si](C)(C)CCOCn1cc(C(=O)O)c(C2=IC(c3ccccc3)=CS2)n1. The summed E-state index contributed by atoms with van der Waals surface area (Å²) in [5.41, 5.74) is 2.06. The van der Waals surface area contributed by atoms with Crippen LogP contribution in [0, 0.1) is 0 Å². The fourth-order valence-corrected chi connectivity index (χ4v) is 7.77. The number of carboxylic acid groups (broad SMARTS) is 1. The quantitative estimate of drug-likeness (QED) is 0.302. The number of hydrogen-bond acceptors (Lipinski definition) is 4. The first kappa shape index (κ1) is 20.5. The molecule has 1 aliphatic heterocycles. The molecule has 0 unspecified atom stereocenters. The Morgan fingerprint density at radius 1 is 1.30 bits per heavy atom. The number of carbonyl (C=O) groups is 1. The van der Waals surface area contributed by atoms with Crippen LogP contribution in [0.3, 0.4) is 0 Å². The molecule has 27 heavy (non-hydrogen) atoms. The summed E-state index contributed by atoms with van der Waals surface area (Å²) >= 11 is 1.16. The van der Waals surface area contributed by atoms with Gasteiger partial charge in [-0.15, -0.1) is 0 Å². The van der Waals surface area contributed by atoms with Crippen LogP contribution in [-0.4, -0.2) is 38.4 Å². The number of ether oxygens (including phenoxy) is 1. The predicted octanol–water partition coefficient (Wildman–Crippen LogP) is 5.09. The second kappa shape index (κ2) is 8.85.